The SMILES string of the molecule is CCNC(=NCc1ccc(S(=O)(=O)N(C)C)s1)N1CCN(c2cccs2)CC1. The average molecular weight is 442 g/mol. The molecule has 0 spiro atoms. The topological polar surface area (TPSA) is 68.2 Å². The van der Waals surface area contributed by atoms with Gasteiger partial charge < -0.3 is 15.1 Å². The smallest absolute Gasteiger partial charge is 0.252 e. The molecule has 1 aliphatic heterocycles. The van der Waals surface area contributed by atoms with Crippen LogP contribution in [-0.2, 0) is 16.6 Å². The Balaban J connectivity index is 1.64. The molecule has 1 aliphatic rings. The minimum atomic E-state index is -3.38. The highest BCUT2D eigenvalue weighted by Gasteiger charge is 2.21. The van der Waals surface area contributed by atoms with Crippen molar-refractivity contribution in [1.82, 2.24) is 14.5 Å². The number of anilines is 1. The Hall–Kier alpha value is -1.62. The summed E-state index contributed by atoms with van der Waals surface area (Å²) >= 11 is 3.06. The van der Waals surface area contributed by atoms with Crippen molar-refractivity contribution in [3.63, 3.8) is 0 Å². The van der Waals surface area contributed by atoms with Crippen LogP contribution in [0, 0.1) is 0 Å². The van der Waals surface area contributed by atoms with Gasteiger partial charge in [0.05, 0.1) is 11.5 Å². The first-order valence-electron chi connectivity index (χ1n) is 9.24. The monoisotopic (exact) mass is 441 g/mol. The van der Waals surface area contributed by atoms with Crippen LogP contribution in [0.1, 0.15) is 11.8 Å². The van der Waals surface area contributed by atoms with Crippen LogP contribution in [0.5, 0.6) is 0 Å². The summed E-state index contributed by atoms with van der Waals surface area (Å²) in [4.78, 5) is 10.4. The number of rotatable bonds is 6. The molecule has 0 bridgehead atoms. The third-order valence-corrected chi connectivity index (χ3v) is 8.77. The molecule has 1 fully saturated rings. The number of hydrogen-bond donors (Lipinski definition) is 1. The van der Waals surface area contributed by atoms with E-state index >= 15 is 0 Å². The van der Waals surface area contributed by atoms with E-state index in [1.807, 2.05) is 6.07 Å². The minimum Gasteiger partial charge on any atom is -0.360 e. The summed E-state index contributed by atoms with van der Waals surface area (Å²) in [5, 5.41) is 6.79. The summed E-state index contributed by atoms with van der Waals surface area (Å²) < 4.78 is 26.1. The van der Waals surface area contributed by atoms with E-state index in [2.05, 4.69) is 39.6 Å². The van der Waals surface area contributed by atoms with Crippen molar-refractivity contribution in [1.29, 1.82) is 0 Å². The van der Waals surface area contributed by atoms with Gasteiger partial charge in [0.25, 0.3) is 10.0 Å². The normalized spacial score (nSPS) is 16.1. The van der Waals surface area contributed by atoms with Gasteiger partial charge in [0.1, 0.15) is 4.21 Å². The van der Waals surface area contributed by atoms with E-state index in [0.29, 0.717) is 10.8 Å². The molecule has 1 saturated heterocycles. The lowest BCUT2D eigenvalue weighted by Crippen LogP contribution is -2.52. The average Bonchev–Trinajstić information content (AvgIpc) is 3.37. The molecule has 0 unspecified atom stereocenters. The molecule has 3 heterocycles. The molecule has 3 rings (SSSR count). The Kier molecular flexibility index (Phi) is 6.97. The first-order valence-corrected chi connectivity index (χ1v) is 12.4. The zero-order chi connectivity index (χ0) is 20.1. The van der Waals surface area contributed by atoms with Crippen molar-refractivity contribution in [2.75, 3.05) is 51.7 Å². The Labute approximate surface area is 175 Å². The van der Waals surface area contributed by atoms with Crippen LogP contribution in [0.3, 0.4) is 0 Å². The number of thiophene rings is 2. The first kappa shape index (κ1) is 21.1. The third kappa shape index (κ3) is 4.86. The van der Waals surface area contributed by atoms with Crippen molar-refractivity contribution in [2.24, 2.45) is 4.99 Å². The zero-order valence-corrected chi connectivity index (χ0v) is 18.9. The van der Waals surface area contributed by atoms with Crippen LogP contribution >= 0.6 is 22.7 Å². The number of nitrogens with zero attached hydrogens (tertiary/aromatic N) is 4. The minimum absolute atomic E-state index is 0.359. The molecule has 2 aromatic rings. The Morgan fingerprint density at radius 1 is 1.21 bits per heavy atom. The molecule has 0 aliphatic carbocycles. The molecule has 2 aromatic heterocycles. The maximum absolute atomic E-state index is 12.2. The van der Waals surface area contributed by atoms with Crippen molar-refractivity contribution in [3.8, 4) is 0 Å². The van der Waals surface area contributed by atoms with Crippen LogP contribution in [-0.4, -0.2) is 70.4 Å². The van der Waals surface area contributed by atoms with Crippen LogP contribution in [0.25, 0.3) is 0 Å². The lowest BCUT2D eigenvalue weighted by molar-refractivity contribution is 0.373. The van der Waals surface area contributed by atoms with E-state index in [1.165, 1.54) is 20.6 Å². The Morgan fingerprint density at radius 2 is 1.96 bits per heavy atom. The zero-order valence-electron chi connectivity index (χ0n) is 16.5. The molecule has 0 aromatic carbocycles. The van der Waals surface area contributed by atoms with Gasteiger partial charge in [0.15, 0.2) is 5.96 Å². The number of sulfonamides is 1. The molecule has 7 nitrogen and oxygen atoms in total. The van der Waals surface area contributed by atoms with E-state index in [1.54, 1.807) is 31.5 Å². The van der Waals surface area contributed by atoms with E-state index < -0.39 is 10.0 Å². The molecular formula is C18H27N5O2S3. The maximum atomic E-state index is 12.2. The van der Waals surface area contributed by atoms with Gasteiger partial charge in [-0.2, -0.15) is 0 Å². The third-order valence-electron chi connectivity index (χ3n) is 4.49. The summed E-state index contributed by atoms with van der Waals surface area (Å²) in [5.74, 6) is 0.888. The fourth-order valence-corrected chi connectivity index (χ4v) is 6.16. The molecule has 0 atom stereocenters. The molecule has 28 heavy (non-hydrogen) atoms. The van der Waals surface area contributed by atoms with Crippen LogP contribution in [0.15, 0.2) is 38.8 Å². The molecule has 1 N–H and O–H groups in total. The molecule has 10 heteroatoms. The molecular weight excluding hydrogens is 414 g/mol. The van der Waals surface area contributed by atoms with Gasteiger partial charge in [-0.05, 0) is 36.6 Å². The van der Waals surface area contributed by atoms with Crippen LogP contribution < -0.4 is 10.2 Å². The fourth-order valence-electron chi connectivity index (χ4n) is 2.93. The first-order chi connectivity index (χ1) is 13.4. The van der Waals surface area contributed by atoms with Crippen LogP contribution in [0.2, 0.25) is 0 Å². The predicted octanol–water partition coefficient (Wildman–Crippen LogP) is 2.35. The van der Waals surface area contributed by atoms with Crippen molar-refractivity contribution in [2.45, 2.75) is 17.7 Å². The van der Waals surface area contributed by atoms with E-state index in [4.69, 9.17) is 4.99 Å². The second-order valence-corrected chi connectivity index (χ2v) is 11.1. The highest BCUT2D eigenvalue weighted by molar-refractivity contribution is 7.91. The highest BCUT2D eigenvalue weighted by atomic mass is 32.2. The number of piperazine rings is 1. The van der Waals surface area contributed by atoms with Gasteiger partial charge in [0, 0.05) is 51.7 Å². The standard InChI is InChI=1S/C18H27N5O2S3/c1-4-19-18(23-11-9-22(10-12-23)16-6-5-13-26-16)20-14-15-7-8-17(27-15)28(24,25)21(2)3/h5-8,13H,4,9-12,14H2,1-3H3,(H,19,20). The van der Waals surface area contributed by atoms with Crippen LogP contribution in [0.4, 0.5) is 5.00 Å². The number of aliphatic imine (C=N–C) groups is 1. The van der Waals surface area contributed by atoms with Gasteiger partial charge in [-0.3, -0.25) is 0 Å². The Bertz CT molecular complexity index is 882. The predicted molar refractivity (Wildman–Crippen MR) is 118 cm³/mol. The van der Waals surface area contributed by atoms with E-state index in [9.17, 15) is 8.42 Å². The fraction of sp³-hybridized carbons (Fsp3) is 0.500. The molecule has 154 valence electrons. The number of nitrogens with one attached hydrogen (secondary N) is 1. The second-order valence-electron chi connectivity index (χ2n) is 6.60. The summed E-state index contributed by atoms with van der Waals surface area (Å²) in [6, 6.07) is 7.76. The highest BCUT2D eigenvalue weighted by Crippen LogP contribution is 2.25. The van der Waals surface area contributed by atoms with Gasteiger partial charge in [0.2, 0.25) is 0 Å². The van der Waals surface area contributed by atoms with E-state index in [0.717, 1.165) is 43.6 Å². The van der Waals surface area contributed by atoms with Gasteiger partial charge in [-0.25, -0.2) is 17.7 Å². The summed E-state index contributed by atoms with van der Waals surface area (Å²) in [5.41, 5.74) is 0. The lowest BCUT2D eigenvalue weighted by Gasteiger charge is -2.37. The number of hydrogen-bond acceptors (Lipinski definition) is 6. The summed E-state index contributed by atoms with van der Waals surface area (Å²) in [6.07, 6.45) is 0. The van der Waals surface area contributed by atoms with Gasteiger partial charge in [-0.15, -0.1) is 22.7 Å². The van der Waals surface area contributed by atoms with Gasteiger partial charge >= 0.3 is 0 Å². The molecule has 0 saturated carbocycles. The number of guanidine groups is 1. The quantitative estimate of drug-likeness (QED) is 0.551. The van der Waals surface area contributed by atoms with Gasteiger partial charge in [-0.1, -0.05) is 0 Å². The molecule has 0 radical (unpaired) electrons. The molecule has 0 amide bonds. The largest absolute Gasteiger partial charge is 0.360 e. The lowest BCUT2D eigenvalue weighted by atomic mass is 10.3. The Morgan fingerprint density at radius 3 is 2.57 bits per heavy atom. The summed E-state index contributed by atoms with van der Waals surface area (Å²) in [7, 11) is -0.285. The van der Waals surface area contributed by atoms with Crippen molar-refractivity contribution in [3.05, 3.63) is 34.5 Å². The van der Waals surface area contributed by atoms with E-state index in [-0.39, 0.29) is 0 Å². The maximum Gasteiger partial charge on any atom is 0.252 e. The van der Waals surface area contributed by atoms with Crippen molar-refractivity contribution >= 4 is 43.7 Å². The second kappa shape index (κ2) is 9.25. The van der Waals surface area contributed by atoms with Crippen molar-refractivity contribution < 1.29 is 8.42 Å². The summed E-state index contributed by atoms with van der Waals surface area (Å²) in [6.45, 7) is 7.09.